The van der Waals surface area contributed by atoms with E-state index < -0.39 is 0 Å². The molecule has 0 aromatic heterocycles. The number of aryl methyl sites for hydroxylation is 2. The maximum Gasteiger partial charge on any atom is 0.240 e. The summed E-state index contributed by atoms with van der Waals surface area (Å²) in [5.41, 5.74) is 4.13. The van der Waals surface area contributed by atoms with Crippen LogP contribution in [0, 0.1) is 0 Å². The van der Waals surface area contributed by atoms with Crippen LogP contribution in [0.1, 0.15) is 49.4 Å². The molecule has 2 N–H and O–H groups in total. The van der Waals surface area contributed by atoms with Crippen LogP contribution in [0.2, 0.25) is 0 Å². The van der Waals surface area contributed by atoms with Crippen molar-refractivity contribution < 1.29 is 9.53 Å². The molecule has 1 saturated heterocycles. The van der Waals surface area contributed by atoms with E-state index in [2.05, 4.69) is 35.8 Å². The number of benzene rings is 1. The number of hydrogen-bond donors (Lipinski definition) is 2. The fraction of sp³-hybridized carbons (Fsp3) is 0.611. The molecule has 1 aromatic rings. The quantitative estimate of drug-likeness (QED) is 0.890. The van der Waals surface area contributed by atoms with Crippen LogP contribution in [0.5, 0.6) is 0 Å². The summed E-state index contributed by atoms with van der Waals surface area (Å²) in [6.07, 6.45) is 4.85. The first kappa shape index (κ1) is 18.2. The van der Waals surface area contributed by atoms with Gasteiger partial charge in [-0.2, -0.15) is 0 Å². The van der Waals surface area contributed by atoms with Gasteiger partial charge in [0.1, 0.15) is 6.04 Å². The molecule has 5 heteroatoms. The summed E-state index contributed by atoms with van der Waals surface area (Å²) in [5.74, 6) is 0.0254. The highest BCUT2D eigenvalue weighted by atomic mass is 35.5. The first-order chi connectivity index (χ1) is 10.6. The molecule has 1 fully saturated rings. The Morgan fingerprint density at radius 1 is 1.30 bits per heavy atom. The molecule has 0 radical (unpaired) electrons. The average molecular weight is 339 g/mol. The molecule has 1 aliphatic carbocycles. The number of halogens is 1. The summed E-state index contributed by atoms with van der Waals surface area (Å²) in [4.78, 5) is 12.4. The van der Waals surface area contributed by atoms with Crippen LogP contribution < -0.4 is 10.6 Å². The fourth-order valence-corrected chi connectivity index (χ4v) is 3.44. The number of ether oxygens (including phenoxy) is 1. The zero-order chi connectivity index (χ0) is 15.5. The minimum atomic E-state index is -0.256. The zero-order valence-corrected chi connectivity index (χ0v) is 14.7. The molecule has 1 aromatic carbocycles. The highest BCUT2D eigenvalue weighted by Crippen LogP contribution is 2.24. The van der Waals surface area contributed by atoms with Crippen molar-refractivity contribution in [3.63, 3.8) is 0 Å². The lowest BCUT2D eigenvalue weighted by atomic mass is 9.89. The third-order valence-corrected chi connectivity index (χ3v) is 4.83. The maximum atomic E-state index is 12.4. The summed E-state index contributed by atoms with van der Waals surface area (Å²) in [6, 6.07) is 6.43. The second-order valence-corrected chi connectivity index (χ2v) is 6.47. The Labute approximate surface area is 144 Å². The van der Waals surface area contributed by atoms with Gasteiger partial charge < -0.3 is 15.4 Å². The van der Waals surface area contributed by atoms with Gasteiger partial charge in [-0.1, -0.05) is 18.2 Å². The van der Waals surface area contributed by atoms with Crippen LogP contribution in [-0.2, 0) is 22.4 Å². The van der Waals surface area contributed by atoms with Crippen molar-refractivity contribution >= 4 is 18.3 Å². The number of rotatable bonds is 3. The third-order valence-electron chi connectivity index (χ3n) is 4.83. The van der Waals surface area contributed by atoms with E-state index in [1.165, 1.54) is 42.4 Å². The minimum absolute atomic E-state index is 0. The SMILES string of the molecule is CC(NC(=O)[C@H]1NCCO[C@@H]1C)c1ccc2c(c1)CCCC2.Cl. The molecule has 0 spiro atoms. The van der Waals surface area contributed by atoms with Gasteiger partial charge in [-0.25, -0.2) is 0 Å². The molecule has 3 rings (SSSR count). The molecule has 0 bridgehead atoms. The minimum Gasteiger partial charge on any atom is -0.375 e. The zero-order valence-electron chi connectivity index (χ0n) is 13.9. The van der Waals surface area contributed by atoms with E-state index in [-0.39, 0.29) is 36.5 Å². The predicted molar refractivity (Wildman–Crippen MR) is 94.1 cm³/mol. The van der Waals surface area contributed by atoms with Crippen LogP contribution in [0.3, 0.4) is 0 Å². The van der Waals surface area contributed by atoms with Gasteiger partial charge in [-0.05, 0) is 56.2 Å². The number of morpholine rings is 1. The Morgan fingerprint density at radius 3 is 2.78 bits per heavy atom. The summed E-state index contributed by atoms with van der Waals surface area (Å²) in [7, 11) is 0. The molecule has 0 saturated carbocycles. The largest absolute Gasteiger partial charge is 0.375 e. The molecule has 1 amide bonds. The second kappa shape index (κ2) is 8.13. The van der Waals surface area contributed by atoms with Crippen LogP contribution in [0.4, 0.5) is 0 Å². The summed E-state index contributed by atoms with van der Waals surface area (Å²) in [5, 5.41) is 6.36. The van der Waals surface area contributed by atoms with Crippen molar-refractivity contribution in [2.45, 2.75) is 57.7 Å². The molecular weight excluding hydrogens is 312 g/mol. The Balaban J connectivity index is 0.00000192. The Kier molecular flexibility index (Phi) is 6.45. The van der Waals surface area contributed by atoms with Gasteiger partial charge in [0.05, 0.1) is 18.8 Å². The second-order valence-electron chi connectivity index (χ2n) is 6.47. The maximum absolute atomic E-state index is 12.4. The number of fused-ring (bicyclic) bond motifs is 1. The molecule has 1 unspecified atom stereocenters. The lowest BCUT2D eigenvalue weighted by molar-refractivity contribution is -0.129. The smallest absolute Gasteiger partial charge is 0.240 e. The van der Waals surface area contributed by atoms with E-state index in [1.807, 2.05) is 6.92 Å². The predicted octanol–water partition coefficient (Wildman–Crippen LogP) is 2.54. The van der Waals surface area contributed by atoms with Gasteiger partial charge in [-0.15, -0.1) is 12.4 Å². The molecule has 2 aliphatic rings. The van der Waals surface area contributed by atoms with E-state index >= 15 is 0 Å². The Morgan fingerprint density at radius 2 is 2.04 bits per heavy atom. The molecule has 4 nitrogen and oxygen atoms in total. The van der Waals surface area contributed by atoms with Crippen LogP contribution in [-0.4, -0.2) is 31.2 Å². The highest BCUT2D eigenvalue weighted by Gasteiger charge is 2.29. The lowest BCUT2D eigenvalue weighted by Crippen LogP contribution is -2.55. The first-order valence-corrected chi connectivity index (χ1v) is 8.42. The van der Waals surface area contributed by atoms with E-state index in [0.717, 1.165) is 6.54 Å². The Hall–Kier alpha value is -1.10. The van der Waals surface area contributed by atoms with Crippen LogP contribution in [0.25, 0.3) is 0 Å². The molecule has 128 valence electrons. The van der Waals surface area contributed by atoms with E-state index in [4.69, 9.17) is 4.74 Å². The molecular formula is C18H27ClN2O2. The van der Waals surface area contributed by atoms with Crippen molar-refractivity contribution in [2.75, 3.05) is 13.2 Å². The normalized spacial score (nSPS) is 25.0. The number of hydrogen-bond acceptors (Lipinski definition) is 3. The number of amides is 1. The van der Waals surface area contributed by atoms with Crippen molar-refractivity contribution in [1.82, 2.24) is 10.6 Å². The summed E-state index contributed by atoms with van der Waals surface area (Å²) in [6.45, 7) is 5.40. The molecule has 23 heavy (non-hydrogen) atoms. The van der Waals surface area contributed by atoms with E-state index in [1.54, 1.807) is 0 Å². The van der Waals surface area contributed by atoms with Gasteiger partial charge >= 0.3 is 0 Å². The number of nitrogens with one attached hydrogen (secondary N) is 2. The Bertz CT molecular complexity index is 550. The topological polar surface area (TPSA) is 50.4 Å². The van der Waals surface area contributed by atoms with Gasteiger partial charge in [0.2, 0.25) is 5.91 Å². The van der Waals surface area contributed by atoms with Crippen molar-refractivity contribution in [1.29, 1.82) is 0 Å². The number of carbonyl (C=O) groups is 1. The lowest BCUT2D eigenvalue weighted by Gasteiger charge is -2.30. The highest BCUT2D eigenvalue weighted by molar-refractivity contribution is 5.85. The summed E-state index contributed by atoms with van der Waals surface area (Å²) >= 11 is 0. The van der Waals surface area contributed by atoms with Gasteiger partial charge in [0.15, 0.2) is 0 Å². The molecule has 3 atom stereocenters. The average Bonchev–Trinajstić information content (AvgIpc) is 2.54. The molecule has 1 aliphatic heterocycles. The first-order valence-electron chi connectivity index (χ1n) is 8.42. The van der Waals surface area contributed by atoms with Crippen molar-refractivity contribution in [3.05, 3.63) is 34.9 Å². The molecule has 1 heterocycles. The van der Waals surface area contributed by atoms with Crippen molar-refractivity contribution in [3.8, 4) is 0 Å². The number of carbonyl (C=O) groups excluding carboxylic acids is 1. The van der Waals surface area contributed by atoms with Gasteiger partial charge in [0, 0.05) is 6.54 Å². The van der Waals surface area contributed by atoms with E-state index in [0.29, 0.717) is 6.61 Å². The monoisotopic (exact) mass is 338 g/mol. The van der Waals surface area contributed by atoms with Crippen LogP contribution >= 0.6 is 12.4 Å². The summed E-state index contributed by atoms with van der Waals surface area (Å²) < 4.78 is 5.55. The van der Waals surface area contributed by atoms with E-state index in [9.17, 15) is 4.79 Å². The van der Waals surface area contributed by atoms with Crippen molar-refractivity contribution in [2.24, 2.45) is 0 Å². The van der Waals surface area contributed by atoms with Gasteiger partial charge in [-0.3, -0.25) is 4.79 Å². The van der Waals surface area contributed by atoms with Crippen LogP contribution in [0.15, 0.2) is 18.2 Å². The fourth-order valence-electron chi connectivity index (χ4n) is 3.44. The third kappa shape index (κ3) is 4.25. The van der Waals surface area contributed by atoms with Gasteiger partial charge in [0.25, 0.3) is 0 Å². The standard InChI is InChI=1S/C18H26N2O2.ClH/c1-12(20-18(21)17-13(2)22-10-9-19-17)15-8-7-14-5-3-4-6-16(14)11-15;/h7-8,11-13,17,19H,3-6,9-10H2,1-2H3,(H,20,21);1H/t12?,13-,17+;/m1./s1.